The molecule has 0 N–H and O–H groups in total. The molecule has 0 radical (unpaired) electrons. The Morgan fingerprint density at radius 2 is 2.04 bits per heavy atom. The number of hydrogen-bond donors (Lipinski definition) is 0. The van der Waals surface area contributed by atoms with E-state index in [-0.39, 0.29) is 5.41 Å². The van der Waals surface area contributed by atoms with E-state index in [0.717, 1.165) is 43.2 Å². The topological polar surface area (TPSA) is 42.2 Å². The summed E-state index contributed by atoms with van der Waals surface area (Å²) < 4.78 is 5.95. The predicted octanol–water partition coefficient (Wildman–Crippen LogP) is 4.08. The molecule has 2 aromatic heterocycles. The first kappa shape index (κ1) is 15.3. The molecule has 0 unspecified atom stereocenters. The molecule has 1 aliphatic heterocycles. The van der Waals surface area contributed by atoms with Crippen LogP contribution in [0, 0.1) is 0 Å². The fourth-order valence-corrected chi connectivity index (χ4v) is 3.21. The predicted molar refractivity (Wildman–Crippen MR) is 94.8 cm³/mol. The van der Waals surface area contributed by atoms with Crippen LogP contribution in [0.5, 0.6) is 0 Å². The first-order chi connectivity index (χ1) is 11.5. The van der Waals surface area contributed by atoms with Crippen molar-refractivity contribution in [3.8, 4) is 0 Å². The van der Waals surface area contributed by atoms with Gasteiger partial charge in [-0.05, 0) is 12.1 Å². The third kappa shape index (κ3) is 2.94. The summed E-state index contributed by atoms with van der Waals surface area (Å²) >= 11 is 0. The molecule has 124 valence electrons. The van der Waals surface area contributed by atoms with E-state index in [1.165, 1.54) is 16.6 Å². The summed E-state index contributed by atoms with van der Waals surface area (Å²) in [4.78, 5) is 11.8. The highest BCUT2D eigenvalue weighted by atomic mass is 16.3. The smallest absolute Gasteiger partial charge is 0.134 e. The highest BCUT2D eigenvalue weighted by Gasteiger charge is 2.23. The van der Waals surface area contributed by atoms with Gasteiger partial charge in [0.2, 0.25) is 0 Å². The van der Waals surface area contributed by atoms with Gasteiger partial charge in [-0.2, -0.15) is 0 Å². The minimum absolute atomic E-state index is 0.000436. The monoisotopic (exact) mass is 321 g/mol. The van der Waals surface area contributed by atoms with E-state index in [0.29, 0.717) is 0 Å². The first-order valence-corrected chi connectivity index (χ1v) is 8.54. The molecular weight excluding hydrogens is 298 g/mol. The van der Waals surface area contributed by atoms with Crippen LogP contribution in [0.2, 0.25) is 0 Å². The van der Waals surface area contributed by atoms with Crippen molar-refractivity contribution in [3.63, 3.8) is 0 Å². The number of para-hydroxylation sites is 1. The van der Waals surface area contributed by atoms with Gasteiger partial charge in [-0.25, -0.2) is 9.97 Å². The van der Waals surface area contributed by atoms with Gasteiger partial charge < -0.3 is 4.42 Å². The van der Waals surface area contributed by atoms with E-state index in [1.807, 2.05) is 24.4 Å². The molecule has 4 rings (SSSR count). The molecule has 0 bridgehead atoms. The maximum Gasteiger partial charge on any atom is 0.134 e. The molecule has 3 heterocycles. The molecule has 0 saturated heterocycles. The van der Waals surface area contributed by atoms with E-state index in [1.54, 1.807) is 0 Å². The average molecular weight is 321 g/mol. The normalized spacial score (nSPS) is 15.6. The van der Waals surface area contributed by atoms with Gasteiger partial charge in [0.25, 0.3) is 0 Å². The molecule has 3 aromatic rings. The standard InChI is InChI=1S/C20H23N3O/c1-20(2,3)19-21-11-15-12-23(9-8-17(15)22-19)13-16-10-14-6-4-5-7-18(14)24-16/h4-7,10-11H,8-9,12-13H2,1-3H3. The van der Waals surface area contributed by atoms with Crippen molar-refractivity contribution in [1.82, 2.24) is 14.9 Å². The fourth-order valence-electron chi connectivity index (χ4n) is 3.21. The Morgan fingerprint density at radius 1 is 1.21 bits per heavy atom. The second-order valence-corrected chi connectivity index (χ2v) is 7.63. The van der Waals surface area contributed by atoms with E-state index in [2.05, 4.69) is 42.8 Å². The summed E-state index contributed by atoms with van der Waals surface area (Å²) in [5.74, 6) is 1.96. The number of hydrogen-bond acceptors (Lipinski definition) is 4. The lowest BCUT2D eigenvalue weighted by molar-refractivity contribution is 0.225. The van der Waals surface area contributed by atoms with Crippen molar-refractivity contribution in [2.45, 2.75) is 45.7 Å². The molecule has 24 heavy (non-hydrogen) atoms. The Hall–Kier alpha value is -2.20. The molecule has 1 aromatic carbocycles. The van der Waals surface area contributed by atoms with Crippen LogP contribution < -0.4 is 0 Å². The molecular formula is C20H23N3O. The van der Waals surface area contributed by atoms with Crippen molar-refractivity contribution in [2.75, 3.05) is 6.54 Å². The summed E-state index contributed by atoms with van der Waals surface area (Å²) in [6, 6.07) is 10.3. The second-order valence-electron chi connectivity index (χ2n) is 7.63. The van der Waals surface area contributed by atoms with Crippen LogP contribution in [0.1, 0.15) is 43.6 Å². The zero-order chi connectivity index (χ0) is 16.7. The Morgan fingerprint density at radius 3 is 2.83 bits per heavy atom. The van der Waals surface area contributed by atoms with Crippen LogP contribution in [-0.2, 0) is 24.9 Å². The van der Waals surface area contributed by atoms with E-state index in [4.69, 9.17) is 9.40 Å². The van der Waals surface area contributed by atoms with Gasteiger partial charge in [0, 0.05) is 47.8 Å². The largest absolute Gasteiger partial charge is 0.460 e. The lowest BCUT2D eigenvalue weighted by Crippen LogP contribution is -2.31. The fraction of sp³-hybridized carbons (Fsp3) is 0.400. The number of furan rings is 1. The van der Waals surface area contributed by atoms with Crippen molar-refractivity contribution in [1.29, 1.82) is 0 Å². The van der Waals surface area contributed by atoms with E-state index in [9.17, 15) is 0 Å². The Bertz CT molecular complexity index is 843. The minimum atomic E-state index is 0.000436. The Balaban J connectivity index is 1.52. The van der Waals surface area contributed by atoms with Gasteiger partial charge in [0.05, 0.1) is 6.54 Å². The molecule has 0 aliphatic carbocycles. The molecule has 0 spiro atoms. The average Bonchev–Trinajstić information content (AvgIpc) is 2.95. The van der Waals surface area contributed by atoms with Gasteiger partial charge in [-0.1, -0.05) is 39.0 Å². The summed E-state index contributed by atoms with van der Waals surface area (Å²) in [6.45, 7) is 9.19. The van der Waals surface area contributed by atoms with Crippen LogP contribution in [0.25, 0.3) is 11.0 Å². The lowest BCUT2D eigenvalue weighted by Gasteiger charge is -2.28. The van der Waals surface area contributed by atoms with Gasteiger partial charge in [-0.3, -0.25) is 4.90 Å². The van der Waals surface area contributed by atoms with Crippen molar-refractivity contribution >= 4 is 11.0 Å². The molecule has 0 fully saturated rings. The van der Waals surface area contributed by atoms with Crippen molar-refractivity contribution in [2.24, 2.45) is 0 Å². The highest BCUT2D eigenvalue weighted by molar-refractivity contribution is 5.77. The van der Waals surface area contributed by atoms with Crippen LogP contribution in [0.15, 0.2) is 40.9 Å². The quantitative estimate of drug-likeness (QED) is 0.713. The van der Waals surface area contributed by atoms with Crippen LogP contribution in [0.4, 0.5) is 0 Å². The maximum absolute atomic E-state index is 5.95. The minimum Gasteiger partial charge on any atom is -0.460 e. The van der Waals surface area contributed by atoms with Crippen molar-refractivity contribution < 1.29 is 4.42 Å². The number of rotatable bonds is 2. The number of fused-ring (bicyclic) bond motifs is 2. The Labute approximate surface area is 142 Å². The summed E-state index contributed by atoms with van der Waals surface area (Å²) in [5.41, 5.74) is 3.41. The van der Waals surface area contributed by atoms with Crippen LogP contribution in [0.3, 0.4) is 0 Å². The zero-order valence-corrected chi connectivity index (χ0v) is 14.5. The number of benzene rings is 1. The van der Waals surface area contributed by atoms with Gasteiger partial charge in [0.15, 0.2) is 0 Å². The molecule has 4 nitrogen and oxygen atoms in total. The van der Waals surface area contributed by atoms with E-state index >= 15 is 0 Å². The molecule has 4 heteroatoms. The van der Waals surface area contributed by atoms with Gasteiger partial charge >= 0.3 is 0 Å². The molecule has 0 saturated carbocycles. The lowest BCUT2D eigenvalue weighted by atomic mass is 9.95. The van der Waals surface area contributed by atoms with Gasteiger partial charge in [-0.15, -0.1) is 0 Å². The third-order valence-electron chi connectivity index (χ3n) is 4.54. The molecule has 0 amide bonds. The molecule has 0 atom stereocenters. The zero-order valence-electron chi connectivity index (χ0n) is 14.5. The number of aromatic nitrogens is 2. The number of nitrogens with zero attached hydrogens (tertiary/aromatic N) is 3. The summed E-state index contributed by atoms with van der Waals surface area (Å²) in [5, 5.41) is 1.17. The van der Waals surface area contributed by atoms with E-state index < -0.39 is 0 Å². The second kappa shape index (κ2) is 5.71. The van der Waals surface area contributed by atoms with Gasteiger partial charge in [0.1, 0.15) is 17.2 Å². The van der Waals surface area contributed by atoms with Crippen LogP contribution >= 0.6 is 0 Å². The highest BCUT2D eigenvalue weighted by Crippen LogP contribution is 2.25. The SMILES string of the molecule is CC(C)(C)c1ncc2c(n1)CCN(Cc1cc3ccccc3o1)C2. The summed E-state index contributed by atoms with van der Waals surface area (Å²) in [7, 11) is 0. The first-order valence-electron chi connectivity index (χ1n) is 8.54. The Kier molecular flexibility index (Phi) is 3.65. The summed E-state index contributed by atoms with van der Waals surface area (Å²) in [6.07, 6.45) is 2.98. The molecule has 1 aliphatic rings. The maximum atomic E-state index is 5.95. The third-order valence-corrected chi connectivity index (χ3v) is 4.54. The van der Waals surface area contributed by atoms with Crippen LogP contribution in [-0.4, -0.2) is 21.4 Å². The van der Waals surface area contributed by atoms with Crippen molar-refractivity contribution in [3.05, 3.63) is 59.4 Å².